The Morgan fingerprint density at radius 2 is 1.54 bits per heavy atom. The fraction of sp³-hybridized carbons (Fsp3) is 0.500. The number of thioether (sulfide) groups is 2. The third-order valence-electron chi connectivity index (χ3n) is 1.12. The van der Waals surface area contributed by atoms with E-state index >= 15 is 0 Å². The van der Waals surface area contributed by atoms with E-state index in [9.17, 15) is 9.59 Å². The third-order valence-corrected chi connectivity index (χ3v) is 3.23. The van der Waals surface area contributed by atoms with Gasteiger partial charge in [0.1, 0.15) is 0 Å². The van der Waals surface area contributed by atoms with E-state index in [1.54, 1.807) is 0 Å². The first-order chi connectivity index (χ1) is 6.02. The minimum absolute atomic E-state index is 0.146. The Morgan fingerprint density at radius 3 is 1.77 bits per heavy atom. The first-order valence-corrected chi connectivity index (χ1v) is 5.99. The van der Waals surface area contributed by atoms with Crippen molar-refractivity contribution in [3.8, 4) is 0 Å². The number of Topliss-reactive ketones (excluding diaryl/α,β-unsaturated/α-hetero) is 1. The van der Waals surface area contributed by atoms with Gasteiger partial charge in [-0.2, -0.15) is 0 Å². The molecule has 0 unspecified atom stereocenters. The van der Waals surface area contributed by atoms with Crippen molar-refractivity contribution in [3.05, 3.63) is 10.00 Å². The Balaban J connectivity index is 4.85. The van der Waals surface area contributed by atoms with Crippen LogP contribution in [-0.2, 0) is 14.3 Å². The van der Waals surface area contributed by atoms with Gasteiger partial charge < -0.3 is 4.74 Å². The highest BCUT2D eigenvalue weighted by Crippen LogP contribution is 2.28. The van der Waals surface area contributed by atoms with Gasteiger partial charge in [-0.1, -0.05) is 0 Å². The summed E-state index contributed by atoms with van der Waals surface area (Å²) in [6.07, 6.45) is 3.66. The van der Waals surface area contributed by atoms with Gasteiger partial charge in [-0.15, -0.1) is 23.5 Å². The summed E-state index contributed by atoms with van der Waals surface area (Å²) in [5.74, 6) is -0.549. The number of hydrogen-bond donors (Lipinski definition) is 0. The molecule has 0 N–H and O–H groups in total. The summed E-state index contributed by atoms with van der Waals surface area (Å²) in [7, 11) is 0. The lowest BCUT2D eigenvalue weighted by Gasteiger charge is -2.07. The first-order valence-electron chi connectivity index (χ1n) is 3.54. The molecule has 0 aliphatic rings. The number of carbonyl (C=O) groups is 2. The molecule has 0 aliphatic heterocycles. The highest BCUT2D eigenvalue weighted by Gasteiger charge is 2.14. The zero-order chi connectivity index (χ0) is 10.4. The maximum absolute atomic E-state index is 11.1. The van der Waals surface area contributed by atoms with Gasteiger partial charge in [0.25, 0.3) is 0 Å². The largest absolute Gasteiger partial charge is 0.421 e. The molecule has 5 heteroatoms. The van der Waals surface area contributed by atoms with E-state index in [0.717, 1.165) is 4.24 Å². The Morgan fingerprint density at radius 1 is 1.08 bits per heavy atom. The number of ether oxygens (including phenoxy) is 1. The standard InChI is InChI=1S/C8H12O3S2/c1-5(9)7(11-6(2)10)8(12-3)13-4/h1-4H3. The van der Waals surface area contributed by atoms with E-state index in [1.807, 2.05) is 12.5 Å². The molecule has 13 heavy (non-hydrogen) atoms. The van der Waals surface area contributed by atoms with Crippen molar-refractivity contribution in [3.63, 3.8) is 0 Å². The number of hydrogen-bond acceptors (Lipinski definition) is 5. The average molecular weight is 220 g/mol. The Hall–Kier alpha value is -0.420. The number of rotatable bonds is 4. The molecule has 0 spiro atoms. The van der Waals surface area contributed by atoms with Crippen LogP contribution in [0.4, 0.5) is 0 Å². The SMILES string of the molecule is CSC(SC)=C(OC(C)=O)C(C)=O. The van der Waals surface area contributed by atoms with Crippen LogP contribution >= 0.6 is 23.5 Å². The Bertz CT molecular complexity index is 240. The van der Waals surface area contributed by atoms with E-state index in [4.69, 9.17) is 4.74 Å². The maximum Gasteiger partial charge on any atom is 0.308 e. The normalized spacial score (nSPS) is 9.23. The van der Waals surface area contributed by atoms with Gasteiger partial charge >= 0.3 is 5.97 Å². The third kappa shape index (κ3) is 4.38. The second-order valence-electron chi connectivity index (χ2n) is 2.17. The van der Waals surface area contributed by atoms with Gasteiger partial charge in [0.05, 0.1) is 4.24 Å². The summed E-state index contributed by atoms with van der Waals surface area (Å²) in [4.78, 5) is 21.7. The maximum atomic E-state index is 11.1. The second kappa shape index (κ2) is 6.10. The molecule has 0 aromatic rings. The molecule has 0 fully saturated rings. The van der Waals surface area contributed by atoms with Crippen LogP contribution in [-0.4, -0.2) is 24.3 Å². The average Bonchev–Trinajstić information content (AvgIpc) is 2.04. The number of allylic oxidation sites excluding steroid dienone is 1. The molecule has 0 bridgehead atoms. The molecule has 0 atom stereocenters. The fourth-order valence-corrected chi connectivity index (χ4v) is 2.08. The predicted octanol–water partition coefficient (Wildman–Crippen LogP) is 2.03. The summed E-state index contributed by atoms with van der Waals surface area (Å²) in [6.45, 7) is 2.66. The molecule has 0 rings (SSSR count). The predicted molar refractivity (Wildman–Crippen MR) is 56.5 cm³/mol. The van der Waals surface area contributed by atoms with Crippen molar-refractivity contribution in [1.29, 1.82) is 0 Å². The summed E-state index contributed by atoms with van der Waals surface area (Å²) in [5, 5.41) is 0. The zero-order valence-corrected chi connectivity index (χ0v) is 9.67. The van der Waals surface area contributed by atoms with Crippen molar-refractivity contribution in [2.45, 2.75) is 13.8 Å². The van der Waals surface area contributed by atoms with Crippen LogP contribution in [0.15, 0.2) is 10.00 Å². The fourth-order valence-electron chi connectivity index (χ4n) is 0.670. The van der Waals surface area contributed by atoms with Crippen LogP contribution in [0.2, 0.25) is 0 Å². The van der Waals surface area contributed by atoms with Gasteiger partial charge in [0, 0.05) is 13.8 Å². The number of ketones is 1. The summed E-state index contributed by atoms with van der Waals surface area (Å²) < 4.78 is 5.53. The Kier molecular flexibility index (Phi) is 5.90. The van der Waals surface area contributed by atoms with Crippen LogP contribution in [0.25, 0.3) is 0 Å². The summed E-state index contributed by atoms with van der Waals surface area (Å²) in [5.41, 5.74) is 0. The van der Waals surface area contributed by atoms with Crippen molar-refractivity contribution in [2.24, 2.45) is 0 Å². The quantitative estimate of drug-likeness (QED) is 0.412. The van der Waals surface area contributed by atoms with Crippen LogP contribution in [0, 0.1) is 0 Å². The highest BCUT2D eigenvalue weighted by atomic mass is 32.2. The van der Waals surface area contributed by atoms with Gasteiger partial charge in [-0.3, -0.25) is 9.59 Å². The van der Waals surface area contributed by atoms with Crippen molar-refractivity contribution in [1.82, 2.24) is 0 Å². The van der Waals surface area contributed by atoms with E-state index in [0.29, 0.717) is 0 Å². The molecular formula is C8H12O3S2. The molecule has 3 nitrogen and oxygen atoms in total. The minimum atomic E-state index is -0.467. The lowest BCUT2D eigenvalue weighted by Crippen LogP contribution is -2.07. The summed E-state index contributed by atoms with van der Waals surface area (Å²) in [6, 6.07) is 0. The highest BCUT2D eigenvalue weighted by molar-refractivity contribution is 8.21. The van der Waals surface area contributed by atoms with Gasteiger partial charge in [0.2, 0.25) is 0 Å². The van der Waals surface area contributed by atoms with Gasteiger partial charge in [0.15, 0.2) is 11.5 Å². The molecule has 0 aliphatic carbocycles. The van der Waals surface area contributed by atoms with E-state index < -0.39 is 5.97 Å². The molecule has 0 amide bonds. The number of carbonyl (C=O) groups excluding carboxylic acids is 2. The van der Waals surface area contributed by atoms with Crippen LogP contribution in [0.3, 0.4) is 0 Å². The molecule has 0 saturated carbocycles. The topological polar surface area (TPSA) is 43.4 Å². The van der Waals surface area contributed by atoms with Crippen LogP contribution in [0.1, 0.15) is 13.8 Å². The molecule has 0 saturated heterocycles. The van der Waals surface area contributed by atoms with E-state index in [-0.39, 0.29) is 11.5 Å². The minimum Gasteiger partial charge on any atom is -0.421 e. The monoisotopic (exact) mass is 220 g/mol. The molecule has 74 valence electrons. The lowest BCUT2D eigenvalue weighted by molar-refractivity contribution is -0.139. The van der Waals surface area contributed by atoms with Gasteiger partial charge in [-0.05, 0) is 12.5 Å². The number of esters is 1. The van der Waals surface area contributed by atoms with Crippen LogP contribution < -0.4 is 0 Å². The zero-order valence-electron chi connectivity index (χ0n) is 8.04. The molecule has 0 aromatic carbocycles. The van der Waals surface area contributed by atoms with Crippen LogP contribution in [0.5, 0.6) is 0 Å². The molecule has 0 aromatic heterocycles. The first kappa shape index (κ1) is 12.6. The van der Waals surface area contributed by atoms with Crippen molar-refractivity contribution >= 4 is 35.3 Å². The van der Waals surface area contributed by atoms with Crippen molar-refractivity contribution < 1.29 is 14.3 Å². The smallest absolute Gasteiger partial charge is 0.308 e. The lowest BCUT2D eigenvalue weighted by atomic mass is 10.4. The summed E-state index contributed by atoms with van der Waals surface area (Å²) >= 11 is 2.79. The second-order valence-corrected chi connectivity index (χ2v) is 4.07. The molecule has 0 radical (unpaired) electrons. The van der Waals surface area contributed by atoms with E-state index in [1.165, 1.54) is 37.4 Å². The molecular weight excluding hydrogens is 208 g/mol. The van der Waals surface area contributed by atoms with E-state index in [2.05, 4.69) is 0 Å². The Labute approximate surface area is 86.3 Å². The molecule has 0 heterocycles. The van der Waals surface area contributed by atoms with Crippen molar-refractivity contribution in [2.75, 3.05) is 12.5 Å². The van der Waals surface area contributed by atoms with Gasteiger partial charge in [-0.25, -0.2) is 0 Å².